The molecule has 7 nitrogen and oxygen atoms in total. The minimum Gasteiger partial charge on any atom is -0.497 e. The lowest BCUT2D eigenvalue weighted by atomic mass is 9.91. The zero-order valence-corrected chi connectivity index (χ0v) is 15.2. The average molecular weight is 367 g/mol. The van der Waals surface area contributed by atoms with E-state index in [9.17, 15) is 19.1 Å². The van der Waals surface area contributed by atoms with Gasteiger partial charge in [-0.25, -0.2) is 4.39 Å². The highest BCUT2D eigenvalue weighted by Gasteiger charge is 2.41. The molecule has 1 aliphatic heterocycles. The summed E-state index contributed by atoms with van der Waals surface area (Å²) in [4.78, 5) is 25.0. The largest absolute Gasteiger partial charge is 0.497 e. The normalized spacial score (nSPS) is 20.2. The number of amides is 2. The first-order valence-corrected chi connectivity index (χ1v) is 8.65. The van der Waals surface area contributed by atoms with Gasteiger partial charge in [0.15, 0.2) is 5.60 Å². The Bertz CT molecular complexity index is 655. The van der Waals surface area contributed by atoms with Crippen LogP contribution in [-0.4, -0.2) is 60.7 Å². The Morgan fingerprint density at radius 2 is 2.19 bits per heavy atom. The summed E-state index contributed by atoms with van der Waals surface area (Å²) in [6.45, 7) is 2.91. The second kappa shape index (κ2) is 8.95. The number of benzene rings is 1. The van der Waals surface area contributed by atoms with Crippen molar-refractivity contribution in [2.24, 2.45) is 0 Å². The van der Waals surface area contributed by atoms with Gasteiger partial charge in [-0.1, -0.05) is 0 Å². The molecule has 1 saturated heterocycles. The minimum absolute atomic E-state index is 0.0794. The molecule has 26 heavy (non-hydrogen) atoms. The number of rotatable bonds is 8. The van der Waals surface area contributed by atoms with Crippen molar-refractivity contribution in [1.29, 1.82) is 0 Å². The number of hydrogen-bond acceptors (Lipinski definition) is 5. The molecule has 2 rings (SSSR count). The predicted molar refractivity (Wildman–Crippen MR) is 94.1 cm³/mol. The van der Waals surface area contributed by atoms with E-state index in [4.69, 9.17) is 4.74 Å². The molecule has 1 aromatic carbocycles. The summed E-state index contributed by atoms with van der Waals surface area (Å²) in [5.74, 6) is -0.453. The minimum atomic E-state index is -1.52. The quantitative estimate of drug-likeness (QED) is 0.579. The Hall–Kier alpha value is -2.19. The Morgan fingerprint density at radius 1 is 1.42 bits per heavy atom. The van der Waals surface area contributed by atoms with Gasteiger partial charge in [-0.15, -0.1) is 0 Å². The second-order valence-electron chi connectivity index (χ2n) is 6.48. The third kappa shape index (κ3) is 5.15. The molecule has 2 amide bonds. The van der Waals surface area contributed by atoms with Gasteiger partial charge >= 0.3 is 0 Å². The number of piperidine rings is 1. The average Bonchev–Trinajstić information content (AvgIpc) is 2.60. The van der Waals surface area contributed by atoms with Gasteiger partial charge < -0.3 is 25.4 Å². The molecule has 8 heteroatoms. The maximum atomic E-state index is 14.0. The number of aliphatic hydroxyl groups is 1. The van der Waals surface area contributed by atoms with Crippen molar-refractivity contribution >= 4 is 11.8 Å². The number of carbonyl (C=O) groups is 2. The van der Waals surface area contributed by atoms with E-state index in [-0.39, 0.29) is 19.0 Å². The number of carbonyl (C=O) groups excluding carboxylic acids is 2. The van der Waals surface area contributed by atoms with E-state index in [1.165, 1.54) is 31.1 Å². The lowest BCUT2D eigenvalue weighted by molar-refractivity contribution is -0.157. The van der Waals surface area contributed by atoms with E-state index in [2.05, 4.69) is 10.6 Å². The smallest absolute Gasteiger partial charge is 0.256 e. The fourth-order valence-electron chi connectivity index (χ4n) is 3.01. The Balaban J connectivity index is 1.96. The van der Waals surface area contributed by atoms with Crippen LogP contribution in [0.1, 0.15) is 25.3 Å². The number of nitrogens with zero attached hydrogens (tertiary/aromatic N) is 1. The zero-order chi connectivity index (χ0) is 19.2. The van der Waals surface area contributed by atoms with E-state index in [0.29, 0.717) is 43.8 Å². The first-order chi connectivity index (χ1) is 12.4. The zero-order valence-electron chi connectivity index (χ0n) is 15.2. The lowest BCUT2D eigenvalue weighted by Gasteiger charge is -2.38. The van der Waals surface area contributed by atoms with Gasteiger partial charge in [-0.3, -0.25) is 9.59 Å². The molecule has 0 aliphatic carbocycles. The monoisotopic (exact) mass is 367 g/mol. The molecule has 1 aromatic rings. The van der Waals surface area contributed by atoms with Crippen molar-refractivity contribution in [3.05, 3.63) is 29.6 Å². The molecule has 1 heterocycles. The third-order valence-corrected chi connectivity index (χ3v) is 4.41. The first-order valence-electron chi connectivity index (χ1n) is 8.65. The van der Waals surface area contributed by atoms with Gasteiger partial charge in [0.2, 0.25) is 5.91 Å². The molecular formula is C18H26FN3O4. The molecule has 0 saturated carbocycles. The maximum Gasteiger partial charge on any atom is 0.256 e. The molecule has 1 aliphatic rings. The fraction of sp³-hybridized carbons (Fsp3) is 0.556. The van der Waals surface area contributed by atoms with E-state index >= 15 is 0 Å². The van der Waals surface area contributed by atoms with Crippen LogP contribution in [0.15, 0.2) is 18.2 Å². The standard InChI is InChI=1S/C18H26FN3O4/c1-13(23)21-8-7-20-12-18(25)6-3-9-22(17(18)24)11-14-10-15(26-2)4-5-16(14)19/h4-5,10,20,25H,3,6-9,11-12H2,1-2H3,(H,21,23)/t18-/m1/s1. The third-order valence-electron chi connectivity index (χ3n) is 4.41. The summed E-state index contributed by atoms with van der Waals surface area (Å²) in [5, 5.41) is 16.3. The summed E-state index contributed by atoms with van der Waals surface area (Å²) in [6.07, 6.45) is 0.970. The van der Waals surface area contributed by atoms with Gasteiger partial charge in [0.25, 0.3) is 5.91 Å². The van der Waals surface area contributed by atoms with Gasteiger partial charge in [0.1, 0.15) is 11.6 Å². The summed E-state index contributed by atoms with van der Waals surface area (Å²) in [7, 11) is 1.49. The van der Waals surface area contributed by atoms with E-state index in [1.807, 2.05) is 0 Å². The van der Waals surface area contributed by atoms with E-state index in [1.54, 1.807) is 6.07 Å². The van der Waals surface area contributed by atoms with Crippen LogP contribution in [0.25, 0.3) is 0 Å². The van der Waals surface area contributed by atoms with Gasteiger partial charge in [0, 0.05) is 45.2 Å². The molecule has 1 fully saturated rings. The fourth-order valence-corrected chi connectivity index (χ4v) is 3.01. The van der Waals surface area contributed by atoms with Crippen molar-refractivity contribution in [3.8, 4) is 5.75 Å². The summed E-state index contributed by atoms with van der Waals surface area (Å²) < 4.78 is 19.1. The summed E-state index contributed by atoms with van der Waals surface area (Å²) in [5.41, 5.74) is -1.18. The molecule has 0 radical (unpaired) electrons. The van der Waals surface area contributed by atoms with E-state index in [0.717, 1.165) is 0 Å². The summed E-state index contributed by atoms with van der Waals surface area (Å²) >= 11 is 0. The molecule has 1 atom stereocenters. The number of hydrogen-bond donors (Lipinski definition) is 3. The second-order valence-corrected chi connectivity index (χ2v) is 6.48. The number of likely N-dealkylation sites (tertiary alicyclic amines) is 1. The number of ether oxygens (including phenoxy) is 1. The van der Waals surface area contributed by atoms with Crippen molar-refractivity contribution in [2.75, 3.05) is 33.3 Å². The maximum absolute atomic E-state index is 14.0. The van der Waals surface area contributed by atoms with Crippen LogP contribution >= 0.6 is 0 Å². The topological polar surface area (TPSA) is 90.9 Å². The SMILES string of the molecule is COc1ccc(F)c(CN2CCC[C@@](O)(CNCCNC(C)=O)C2=O)c1. The van der Waals surface area contributed by atoms with Gasteiger partial charge in [-0.05, 0) is 31.0 Å². The molecule has 0 aromatic heterocycles. The van der Waals surface area contributed by atoms with Crippen LogP contribution in [0.3, 0.4) is 0 Å². The molecule has 0 spiro atoms. The van der Waals surface area contributed by atoms with Crippen LogP contribution in [0.5, 0.6) is 5.75 Å². The number of methoxy groups -OCH3 is 1. The molecule has 0 unspecified atom stereocenters. The summed E-state index contributed by atoms with van der Waals surface area (Å²) in [6, 6.07) is 4.38. The van der Waals surface area contributed by atoms with Crippen LogP contribution in [-0.2, 0) is 16.1 Å². The Morgan fingerprint density at radius 3 is 2.88 bits per heavy atom. The number of nitrogens with one attached hydrogen (secondary N) is 2. The van der Waals surface area contributed by atoms with Crippen LogP contribution in [0.2, 0.25) is 0 Å². The highest BCUT2D eigenvalue weighted by atomic mass is 19.1. The highest BCUT2D eigenvalue weighted by molar-refractivity contribution is 5.86. The van der Waals surface area contributed by atoms with Crippen LogP contribution in [0.4, 0.5) is 4.39 Å². The lowest BCUT2D eigenvalue weighted by Crippen LogP contribution is -2.58. The van der Waals surface area contributed by atoms with Gasteiger partial charge in [-0.2, -0.15) is 0 Å². The molecule has 144 valence electrons. The Kier molecular flexibility index (Phi) is 6.93. The van der Waals surface area contributed by atoms with Crippen LogP contribution in [0, 0.1) is 5.82 Å². The van der Waals surface area contributed by atoms with Gasteiger partial charge in [0.05, 0.1) is 7.11 Å². The van der Waals surface area contributed by atoms with Crippen LogP contribution < -0.4 is 15.4 Å². The van der Waals surface area contributed by atoms with Crippen molar-refractivity contribution in [3.63, 3.8) is 0 Å². The molecular weight excluding hydrogens is 341 g/mol. The van der Waals surface area contributed by atoms with Crippen molar-refractivity contribution in [1.82, 2.24) is 15.5 Å². The molecule has 0 bridgehead atoms. The molecule has 3 N–H and O–H groups in total. The highest BCUT2D eigenvalue weighted by Crippen LogP contribution is 2.25. The van der Waals surface area contributed by atoms with Crippen molar-refractivity contribution in [2.45, 2.75) is 31.9 Å². The van der Waals surface area contributed by atoms with E-state index < -0.39 is 17.3 Å². The number of halogens is 1. The van der Waals surface area contributed by atoms with Crippen molar-refractivity contribution < 1.29 is 23.8 Å². The Labute approximate surface area is 152 Å². The predicted octanol–water partition coefficient (Wildman–Crippen LogP) is 0.413. The first kappa shape index (κ1) is 20.1.